The lowest BCUT2D eigenvalue weighted by Gasteiger charge is -2.16. The summed E-state index contributed by atoms with van der Waals surface area (Å²) >= 11 is 1.50. The molecule has 26 heavy (non-hydrogen) atoms. The molecule has 0 radical (unpaired) electrons. The number of nitroso groups, excluding NO2 is 1. The van der Waals surface area contributed by atoms with Crippen LogP contribution in [0.1, 0.15) is 24.2 Å². The largest absolute Gasteiger partial charge is 0.441 e. The van der Waals surface area contributed by atoms with Crippen molar-refractivity contribution in [2.24, 2.45) is 5.18 Å². The molecule has 1 amide bonds. The van der Waals surface area contributed by atoms with Crippen LogP contribution in [-0.4, -0.2) is 6.09 Å². The Morgan fingerprint density at radius 3 is 2.54 bits per heavy atom. The Labute approximate surface area is 155 Å². The first-order chi connectivity index (χ1) is 12.6. The van der Waals surface area contributed by atoms with Crippen LogP contribution in [0.5, 0.6) is 0 Å². The fourth-order valence-electron chi connectivity index (χ4n) is 2.71. The number of anilines is 1. The molecule has 5 nitrogen and oxygen atoms in total. The minimum atomic E-state index is -0.508. The van der Waals surface area contributed by atoms with Gasteiger partial charge in [-0.2, -0.15) is 0 Å². The van der Waals surface area contributed by atoms with Gasteiger partial charge in [0.25, 0.3) is 0 Å². The number of nitrogens with one attached hydrogen (secondary N) is 1. The lowest BCUT2D eigenvalue weighted by atomic mass is 10.1. The SMILES string of the molecule is Cc1ccccc1[C@@H](C)OC(=O)Nc1ccsc1-c1ccc(N=O)cc1. The van der Waals surface area contributed by atoms with Crippen LogP contribution in [0.2, 0.25) is 0 Å². The van der Waals surface area contributed by atoms with Gasteiger partial charge in [-0.3, -0.25) is 5.32 Å². The first-order valence-corrected chi connectivity index (χ1v) is 9.01. The number of benzene rings is 2. The van der Waals surface area contributed by atoms with Crippen molar-refractivity contribution < 1.29 is 9.53 Å². The molecule has 1 N–H and O–H groups in total. The smallest absolute Gasteiger partial charge is 0.412 e. The molecule has 1 aromatic heterocycles. The number of nitrogens with zero attached hydrogens (tertiary/aromatic N) is 1. The summed E-state index contributed by atoms with van der Waals surface area (Å²) < 4.78 is 5.52. The Bertz CT molecular complexity index is 919. The second kappa shape index (κ2) is 7.93. The minimum Gasteiger partial charge on any atom is -0.441 e. The lowest BCUT2D eigenvalue weighted by molar-refractivity contribution is 0.121. The Morgan fingerprint density at radius 1 is 1.12 bits per heavy atom. The number of aryl methyl sites for hydroxylation is 1. The van der Waals surface area contributed by atoms with Crippen LogP contribution in [-0.2, 0) is 4.74 Å². The molecule has 3 aromatic rings. The van der Waals surface area contributed by atoms with E-state index in [-0.39, 0.29) is 6.10 Å². The third-order valence-electron chi connectivity index (χ3n) is 4.05. The van der Waals surface area contributed by atoms with E-state index in [4.69, 9.17) is 4.74 Å². The van der Waals surface area contributed by atoms with Crippen molar-refractivity contribution in [3.05, 3.63) is 76.0 Å². The zero-order chi connectivity index (χ0) is 18.5. The van der Waals surface area contributed by atoms with Gasteiger partial charge in [0.05, 0.1) is 10.6 Å². The maximum absolute atomic E-state index is 12.3. The Morgan fingerprint density at radius 2 is 1.85 bits per heavy atom. The van der Waals surface area contributed by atoms with Gasteiger partial charge in [-0.05, 0) is 59.3 Å². The first kappa shape index (κ1) is 17.8. The van der Waals surface area contributed by atoms with Gasteiger partial charge < -0.3 is 4.74 Å². The molecular formula is C20H18N2O3S. The second-order valence-corrected chi connectivity index (χ2v) is 6.75. The Hall–Kier alpha value is -2.99. The number of rotatable bonds is 5. The summed E-state index contributed by atoms with van der Waals surface area (Å²) in [6.45, 7) is 3.84. The summed E-state index contributed by atoms with van der Waals surface area (Å²) in [5, 5.41) is 7.59. The summed E-state index contributed by atoms with van der Waals surface area (Å²) in [7, 11) is 0. The highest BCUT2D eigenvalue weighted by Gasteiger charge is 2.16. The van der Waals surface area contributed by atoms with E-state index < -0.39 is 6.09 Å². The molecule has 1 heterocycles. The number of carbonyl (C=O) groups is 1. The predicted molar refractivity (Wildman–Crippen MR) is 105 cm³/mol. The summed E-state index contributed by atoms with van der Waals surface area (Å²) in [6, 6.07) is 16.5. The van der Waals surface area contributed by atoms with Gasteiger partial charge in [-0.15, -0.1) is 16.2 Å². The van der Waals surface area contributed by atoms with Crippen molar-refractivity contribution in [1.82, 2.24) is 0 Å². The van der Waals surface area contributed by atoms with Crippen LogP contribution in [0.25, 0.3) is 10.4 Å². The van der Waals surface area contributed by atoms with Crippen LogP contribution in [0, 0.1) is 11.8 Å². The molecule has 0 fully saturated rings. The average Bonchev–Trinajstić information content (AvgIpc) is 3.10. The molecule has 0 bridgehead atoms. The van der Waals surface area contributed by atoms with Gasteiger partial charge in [-0.25, -0.2) is 4.79 Å². The van der Waals surface area contributed by atoms with E-state index in [0.717, 1.165) is 21.6 Å². The van der Waals surface area contributed by atoms with Crippen LogP contribution >= 0.6 is 11.3 Å². The van der Waals surface area contributed by atoms with Gasteiger partial charge in [0, 0.05) is 0 Å². The van der Waals surface area contributed by atoms with Crippen LogP contribution in [0.15, 0.2) is 65.2 Å². The highest BCUT2D eigenvalue weighted by molar-refractivity contribution is 7.14. The molecule has 132 valence electrons. The number of hydrogen-bond donors (Lipinski definition) is 1. The van der Waals surface area contributed by atoms with Gasteiger partial charge in [0.1, 0.15) is 11.8 Å². The molecular weight excluding hydrogens is 348 g/mol. The summed E-state index contributed by atoms with van der Waals surface area (Å²) in [4.78, 5) is 23.7. The first-order valence-electron chi connectivity index (χ1n) is 8.13. The maximum atomic E-state index is 12.3. The number of carbonyl (C=O) groups excluding carboxylic acids is 1. The van der Waals surface area contributed by atoms with Gasteiger partial charge in [0.2, 0.25) is 0 Å². The number of ether oxygens (including phenoxy) is 1. The predicted octanol–water partition coefficient (Wildman–Crippen LogP) is 6.43. The van der Waals surface area contributed by atoms with Crippen molar-refractivity contribution >= 4 is 28.8 Å². The van der Waals surface area contributed by atoms with Gasteiger partial charge >= 0.3 is 6.09 Å². The van der Waals surface area contributed by atoms with Crippen LogP contribution in [0.3, 0.4) is 0 Å². The van der Waals surface area contributed by atoms with Crippen molar-refractivity contribution in [1.29, 1.82) is 0 Å². The van der Waals surface area contributed by atoms with E-state index in [9.17, 15) is 9.70 Å². The number of amides is 1. The molecule has 0 aliphatic heterocycles. The van der Waals surface area contributed by atoms with E-state index in [1.54, 1.807) is 24.3 Å². The lowest BCUT2D eigenvalue weighted by Crippen LogP contribution is -2.16. The molecule has 0 unspecified atom stereocenters. The Kier molecular flexibility index (Phi) is 5.43. The zero-order valence-corrected chi connectivity index (χ0v) is 15.2. The highest BCUT2D eigenvalue weighted by atomic mass is 32.1. The van der Waals surface area contributed by atoms with E-state index in [1.807, 2.05) is 49.6 Å². The maximum Gasteiger partial charge on any atom is 0.412 e. The fourth-order valence-corrected chi connectivity index (χ4v) is 3.57. The van der Waals surface area contributed by atoms with E-state index in [0.29, 0.717) is 11.4 Å². The minimum absolute atomic E-state index is 0.351. The molecule has 6 heteroatoms. The molecule has 0 saturated heterocycles. The number of thiophene rings is 1. The monoisotopic (exact) mass is 366 g/mol. The van der Waals surface area contributed by atoms with E-state index in [2.05, 4.69) is 10.5 Å². The van der Waals surface area contributed by atoms with Crippen LogP contribution in [0.4, 0.5) is 16.2 Å². The average molecular weight is 366 g/mol. The highest BCUT2D eigenvalue weighted by Crippen LogP contribution is 2.35. The van der Waals surface area contributed by atoms with Gasteiger partial charge in [0.15, 0.2) is 0 Å². The summed E-state index contributed by atoms with van der Waals surface area (Å²) in [5.74, 6) is 0. The summed E-state index contributed by atoms with van der Waals surface area (Å²) in [6.07, 6.45) is -0.859. The third kappa shape index (κ3) is 3.97. The molecule has 0 aliphatic carbocycles. The normalized spacial score (nSPS) is 11.6. The quantitative estimate of drug-likeness (QED) is 0.529. The van der Waals surface area contributed by atoms with Crippen molar-refractivity contribution in [3.8, 4) is 10.4 Å². The molecule has 0 aliphatic rings. The fraction of sp³-hybridized carbons (Fsp3) is 0.150. The molecule has 0 saturated carbocycles. The molecule has 1 atom stereocenters. The van der Waals surface area contributed by atoms with Crippen molar-refractivity contribution in [2.75, 3.05) is 5.32 Å². The number of hydrogen-bond acceptors (Lipinski definition) is 5. The molecule has 2 aromatic carbocycles. The summed E-state index contributed by atoms with van der Waals surface area (Å²) in [5.41, 5.74) is 3.99. The van der Waals surface area contributed by atoms with Crippen molar-refractivity contribution in [3.63, 3.8) is 0 Å². The van der Waals surface area contributed by atoms with E-state index >= 15 is 0 Å². The Balaban J connectivity index is 1.71. The standard InChI is InChI=1S/C20H18N2O3S/c1-13-5-3-4-6-17(13)14(2)25-20(23)21-18-11-12-26-19(18)15-7-9-16(22-24)10-8-15/h3-12,14H,1-2H3,(H,21,23)/t14-/m1/s1. The van der Waals surface area contributed by atoms with Crippen molar-refractivity contribution in [2.45, 2.75) is 20.0 Å². The second-order valence-electron chi connectivity index (χ2n) is 5.83. The third-order valence-corrected chi connectivity index (χ3v) is 5.01. The van der Waals surface area contributed by atoms with Gasteiger partial charge in [-0.1, -0.05) is 36.4 Å². The molecule has 0 spiro atoms. The van der Waals surface area contributed by atoms with Crippen LogP contribution < -0.4 is 5.32 Å². The molecule has 3 rings (SSSR count). The zero-order valence-electron chi connectivity index (χ0n) is 14.4. The van der Waals surface area contributed by atoms with E-state index in [1.165, 1.54) is 11.3 Å². The topological polar surface area (TPSA) is 67.8 Å².